The van der Waals surface area contributed by atoms with Crippen LogP contribution in [0.1, 0.15) is 11.3 Å². The summed E-state index contributed by atoms with van der Waals surface area (Å²) in [7, 11) is 0. The van der Waals surface area contributed by atoms with Crippen LogP contribution < -0.4 is 5.56 Å². The highest BCUT2D eigenvalue weighted by Crippen LogP contribution is 2.25. The molecule has 0 radical (unpaired) electrons. The molecule has 1 N–H and O–H groups in total. The summed E-state index contributed by atoms with van der Waals surface area (Å²) < 4.78 is 1.66. The van der Waals surface area contributed by atoms with Gasteiger partial charge in [-0.25, -0.2) is 9.97 Å². The molecule has 0 saturated heterocycles. The second kappa shape index (κ2) is 7.89. The van der Waals surface area contributed by atoms with Crippen LogP contribution in [0.25, 0.3) is 27.6 Å². The topological polar surface area (TPSA) is 75.9 Å². The first-order valence-corrected chi connectivity index (χ1v) is 11.2. The predicted octanol–water partition coefficient (Wildman–Crippen LogP) is 4.81. The summed E-state index contributed by atoms with van der Waals surface area (Å²) in [5.74, 6) is 1.26. The first-order valence-electron chi connectivity index (χ1n) is 9.35. The lowest BCUT2D eigenvalue weighted by atomic mass is 10.1. The number of fused-ring (bicyclic) bond motifs is 1. The molecule has 0 fully saturated rings. The van der Waals surface area contributed by atoms with Crippen molar-refractivity contribution in [2.75, 3.05) is 0 Å². The Morgan fingerprint density at radius 1 is 1.03 bits per heavy atom. The van der Waals surface area contributed by atoms with Gasteiger partial charge in [-0.3, -0.25) is 14.3 Å². The van der Waals surface area contributed by atoms with Crippen LogP contribution in [0.2, 0.25) is 0 Å². The van der Waals surface area contributed by atoms with Crippen molar-refractivity contribution in [3.8, 4) is 22.6 Å². The normalized spacial score (nSPS) is 11.2. The van der Waals surface area contributed by atoms with Crippen molar-refractivity contribution >= 4 is 28.1 Å². The summed E-state index contributed by atoms with van der Waals surface area (Å²) in [4.78, 5) is 22.7. The maximum atomic E-state index is 12.8. The van der Waals surface area contributed by atoms with Crippen LogP contribution in [-0.2, 0) is 5.75 Å². The molecule has 0 unspecified atom stereocenters. The van der Waals surface area contributed by atoms with Crippen molar-refractivity contribution in [1.29, 1.82) is 0 Å². The highest BCUT2D eigenvalue weighted by molar-refractivity contribution is 7.98. The summed E-state index contributed by atoms with van der Waals surface area (Å²) in [6.07, 6.45) is 0. The molecule has 2 aromatic carbocycles. The van der Waals surface area contributed by atoms with E-state index in [0.29, 0.717) is 21.6 Å². The Hall–Kier alpha value is -3.23. The fourth-order valence-corrected chi connectivity index (χ4v) is 4.83. The number of hydrogen-bond acceptors (Lipinski definition) is 6. The SMILES string of the molecule is Cc1cccc(-c2nc(SCc3cc(=O)n4c(-c5ccccc5)csc4n3)n[nH]2)c1. The number of aromatic amines is 1. The van der Waals surface area contributed by atoms with E-state index in [1.165, 1.54) is 28.7 Å². The molecule has 0 saturated carbocycles. The minimum atomic E-state index is -0.0776. The van der Waals surface area contributed by atoms with Crippen molar-refractivity contribution in [3.05, 3.63) is 87.7 Å². The van der Waals surface area contributed by atoms with Crippen molar-refractivity contribution in [2.24, 2.45) is 0 Å². The Balaban J connectivity index is 1.37. The van der Waals surface area contributed by atoms with Crippen molar-refractivity contribution < 1.29 is 0 Å². The molecule has 5 rings (SSSR count). The third kappa shape index (κ3) is 3.67. The lowest BCUT2D eigenvalue weighted by molar-refractivity contribution is 0.970. The molecule has 0 aliphatic heterocycles. The van der Waals surface area contributed by atoms with Crippen LogP contribution in [0.5, 0.6) is 0 Å². The summed E-state index contributed by atoms with van der Waals surface area (Å²) in [6, 6.07) is 19.6. The second-order valence-corrected chi connectivity index (χ2v) is 8.59. The third-order valence-electron chi connectivity index (χ3n) is 4.63. The fraction of sp³-hybridized carbons (Fsp3) is 0.0909. The summed E-state index contributed by atoms with van der Waals surface area (Å²) in [6.45, 7) is 2.05. The van der Waals surface area contributed by atoms with Gasteiger partial charge in [-0.15, -0.1) is 16.4 Å². The van der Waals surface area contributed by atoms with Gasteiger partial charge in [-0.1, -0.05) is 65.9 Å². The predicted molar refractivity (Wildman–Crippen MR) is 121 cm³/mol. The number of aryl methyl sites for hydroxylation is 1. The molecule has 8 heteroatoms. The van der Waals surface area contributed by atoms with Crippen LogP contribution in [-0.4, -0.2) is 24.6 Å². The summed E-state index contributed by atoms with van der Waals surface area (Å²) in [5.41, 5.74) is 4.67. The molecule has 0 aliphatic carbocycles. The molecule has 0 atom stereocenters. The Labute approximate surface area is 180 Å². The van der Waals surface area contributed by atoms with Gasteiger partial charge in [0.2, 0.25) is 5.16 Å². The second-order valence-electron chi connectivity index (χ2n) is 6.82. The lowest BCUT2D eigenvalue weighted by Crippen LogP contribution is -2.14. The Bertz CT molecular complexity index is 1390. The highest BCUT2D eigenvalue weighted by atomic mass is 32.2. The number of nitrogens with one attached hydrogen (secondary N) is 1. The van der Waals surface area contributed by atoms with Crippen molar-refractivity contribution in [2.45, 2.75) is 17.8 Å². The number of aromatic nitrogens is 5. The van der Waals surface area contributed by atoms with Gasteiger partial charge in [-0.2, -0.15) is 0 Å². The van der Waals surface area contributed by atoms with E-state index in [0.717, 1.165) is 22.6 Å². The van der Waals surface area contributed by atoms with E-state index >= 15 is 0 Å². The molecule has 0 amide bonds. The zero-order valence-corrected chi connectivity index (χ0v) is 17.7. The standard InChI is InChI=1S/C22H17N5OS2/c1-14-6-5-9-16(10-14)20-24-21(26-25-20)29-12-17-11-19(28)27-18(13-30-22(27)23-17)15-7-3-2-4-8-15/h2-11,13H,12H2,1H3,(H,24,25,26). The maximum Gasteiger partial charge on any atom is 0.259 e. The van der Waals surface area contributed by atoms with Gasteiger partial charge in [0, 0.05) is 22.8 Å². The monoisotopic (exact) mass is 431 g/mol. The fourth-order valence-electron chi connectivity index (χ4n) is 3.22. The number of rotatable bonds is 5. The smallest absolute Gasteiger partial charge is 0.259 e. The van der Waals surface area contributed by atoms with E-state index in [4.69, 9.17) is 0 Å². The Kier molecular flexibility index (Phi) is 4.94. The molecular formula is C22H17N5OS2. The van der Waals surface area contributed by atoms with E-state index in [1.54, 1.807) is 10.5 Å². The van der Waals surface area contributed by atoms with Gasteiger partial charge in [0.05, 0.1) is 11.4 Å². The van der Waals surface area contributed by atoms with E-state index in [1.807, 2.05) is 60.8 Å². The van der Waals surface area contributed by atoms with E-state index in [9.17, 15) is 4.79 Å². The molecular weight excluding hydrogens is 414 g/mol. The maximum absolute atomic E-state index is 12.8. The number of thiazole rings is 1. The number of nitrogens with zero attached hydrogens (tertiary/aromatic N) is 4. The third-order valence-corrected chi connectivity index (χ3v) is 6.34. The quantitative estimate of drug-likeness (QED) is 0.404. The first kappa shape index (κ1) is 18.8. The molecule has 5 aromatic rings. The Morgan fingerprint density at radius 3 is 2.70 bits per heavy atom. The van der Waals surface area contributed by atoms with Gasteiger partial charge < -0.3 is 0 Å². The molecule has 6 nitrogen and oxygen atoms in total. The number of hydrogen-bond donors (Lipinski definition) is 1. The number of H-pyrrole nitrogens is 1. The van der Waals surface area contributed by atoms with E-state index in [2.05, 4.69) is 26.2 Å². The van der Waals surface area contributed by atoms with Crippen molar-refractivity contribution in [1.82, 2.24) is 24.6 Å². The molecule has 3 aromatic heterocycles. The van der Waals surface area contributed by atoms with Gasteiger partial charge in [-0.05, 0) is 18.6 Å². The van der Waals surface area contributed by atoms with Gasteiger partial charge >= 0.3 is 0 Å². The molecule has 30 heavy (non-hydrogen) atoms. The van der Waals surface area contributed by atoms with E-state index < -0.39 is 0 Å². The van der Waals surface area contributed by atoms with Gasteiger partial charge in [0.1, 0.15) is 0 Å². The van der Waals surface area contributed by atoms with Crippen LogP contribution in [0, 0.1) is 6.92 Å². The van der Waals surface area contributed by atoms with Crippen LogP contribution in [0.3, 0.4) is 0 Å². The zero-order chi connectivity index (χ0) is 20.5. The van der Waals surface area contributed by atoms with Gasteiger partial charge in [0.15, 0.2) is 10.8 Å². The molecule has 3 heterocycles. The Morgan fingerprint density at radius 2 is 1.87 bits per heavy atom. The molecule has 0 bridgehead atoms. The minimum absolute atomic E-state index is 0.0776. The number of benzene rings is 2. The van der Waals surface area contributed by atoms with Gasteiger partial charge in [0.25, 0.3) is 5.56 Å². The molecule has 0 aliphatic rings. The van der Waals surface area contributed by atoms with Crippen LogP contribution >= 0.6 is 23.1 Å². The van der Waals surface area contributed by atoms with Crippen LogP contribution in [0.15, 0.2) is 76.0 Å². The minimum Gasteiger partial charge on any atom is -0.269 e. The highest BCUT2D eigenvalue weighted by Gasteiger charge is 2.12. The average Bonchev–Trinajstić information content (AvgIpc) is 3.40. The first-order chi connectivity index (χ1) is 14.7. The number of thioether (sulfide) groups is 1. The largest absolute Gasteiger partial charge is 0.269 e. The summed E-state index contributed by atoms with van der Waals surface area (Å²) in [5, 5.41) is 9.87. The average molecular weight is 432 g/mol. The summed E-state index contributed by atoms with van der Waals surface area (Å²) >= 11 is 2.92. The molecule has 148 valence electrons. The van der Waals surface area contributed by atoms with Crippen molar-refractivity contribution in [3.63, 3.8) is 0 Å². The van der Waals surface area contributed by atoms with E-state index in [-0.39, 0.29) is 5.56 Å². The zero-order valence-electron chi connectivity index (χ0n) is 16.1. The van der Waals surface area contributed by atoms with Crippen LogP contribution in [0.4, 0.5) is 0 Å². The lowest BCUT2D eigenvalue weighted by Gasteiger charge is -2.03. The molecule has 0 spiro atoms.